The summed E-state index contributed by atoms with van der Waals surface area (Å²) in [5.74, 6) is -0.687. The highest BCUT2D eigenvalue weighted by atomic mass is 16.5. The molecule has 0 bridgehead atoms. The van der Waals surface area contributed by atoms with Gasteiger partial charge in [-0.25, -0.2) is 0 Å². The van der Waals surface area contributed by atoms with Crippen LogP contribution in [-0.4, -0.2) is 28.8 Å². The van der Waals surface area contributed by atoms with Crippen LogP contribution in [0.1, 0.15) is 31.2 Å². The molecule has 1 aromatic heterocycles. The average Bonchev–Trinajstić information content (AvgIpc) is 3.24. The standard InChI is InChI=1S/C20H21NO5/c1-12(2)18(22)16-17(15-9-6-10-26-15)21(20(24)19(16)23)11-13-7-4-5-8-14(13)25-3/h4-10,12,17,23H,11H2,1-3H3. The zero-order valence-electron chi connectivity index (χ0n) is 14.9. The maximum Gasteiger partial charge on any atom is 0.290 e. The highest BCUT2D eigenvalue weighted by Gasteiger charge is 2.45. The lowest BCUT2D eigenvalue weighted by Crippen LogP contribution is -2.31. The number of carbonyl (C=O) groups is 2. The monoisotopic (exact) mass is 355 g/mol. The van der Waals surface area contributed by atoms with Crippen molar-refractivity contribution >= 4 is 11.7 Å². The molecule has 1 aliphatic heterocycles. The first-order valence-electron chi connectivity index (χ1n) is 8.39. The number of rotatable bonds is 6. The molecule has 2 heterocycles. The molecular formula is C20H21NO5. The average molecular weight is 355 g/mol. The molecule has 1 N–H and O–H groups in total. The Labute approximate surface area is 151 Å². The van der Waals surface area contributed by atoms with Crippen molar-refractivity contribution in [2.24, 2.45) is 5.92 Å². The second kappa shape index (κ2) is 7.07. The second-order valence-corrected chi connectivity index (χ2v) is 6.44. The number of carbonyl (C=O) groups excluding carboxylic acids is 2. The normalized spacial score (nSPS) is 17.3. The maximum absolute atomic E-state index is 12.7. The number of methoxy groups -OCH3 is 1. The molecule has 0 spiro atoms. The Bertz CT molecular complexity index is 851. The lowest BCUT2D eigenvalue weighted by molar-refractivity contribution is -0.130. The van der Waals surface area contributed by atoms with Crippen LogP contribution in [0.25, 0.3) is 0 Å². The van der Waals surface area contributed by atoms with Gasteiger partial charge in [-0.1, -0.05) is 32.0 Å². The largest absolute Gasteiger partial charge is 0.503 e. The van der Waals surface area contributed by atoms with Crippen LogP contribution in [0.5, 0.6) is 5.75 Å². The van der Waals surface area contributed by atoms with Gasteiger partial charge in [0.15, 0.2) is 11.5 Å². The number of amides is 1. The van der Waals surface area contributed by atoms with E-state index >= 15 is 0 Å². The summed E-state index contributed by atoms with van der Waals surface area (Å²) < 4.78 is 10.8. The molecule has 1 amide bonds. The van der Waals surface area contributed by atoms with Gasteiger partial charge in [0.05, 0.1) is 25.5 Å². The van der Waals surface area contributed by atoms with Gasteiger partial charge in [0.25, 0.3) is 5.91 Å². The predicted molar refractivity (Wildman–Crippen MR) is 94.5 cm³/mol. The molecule has 3 rings (SSSR count). The molecule has 136 valence electrons. The van der Waals surface area contributed by atoms with Gasteiger partial charge >= 0.3 is 0 Å². The minimum absolute atomic E-state index is 0.0786. The highest BCUT2D eigenvalue weighted by molar-refractivity contribution is 6.09. The van der Waals surface area contributed by atoms with Gasteiger partial charge in [-0.2, -0.15) is 0 Å². The van der Waals surface area contributed by atoms with Crippen molar-refractivity contribution < 1.29 is 23.8 Å². The van der Waals surface area contributed by atoms with E-state index in [1.165, 1.54) is 11.2 Å². The van der Waals surface area contributed by atoms with Crippen molar-refractivity contribution in [3.8, 4) is 5.75 Å². The predicted octanol–water partition coefficient (Wildman–Crippen LogP) is 3.41. The molecule has 0 aliphatic carbocycles. The van der Waals surface area contributed by atoms with Gasteiger partial charge in [0, 0.05) is 11.5 Å². The zero-order chi connectivity index (χ0) is 18.8. The number of para-hydroxylation sites is 1. The van der Waals surface area contributed by atoms with Gasteiger partial charge in [-0.05, 0) is 18.2 Å². The number of benzene rings is 1. The molecule has 2 aromatic rings. The number of furan rings is 1. The zero-order valence-corrected chi connectivity index (χ0v) is 14.9. The van der Waals surface area contributed by atoms with Gasteiger partial charge in [-0.3, -0.25) is 9.59 Å². The van der Waals surface area contributed by atoms with E-state index in [0.717, 1.165) is 5.56 Å². The Kier molecular flexibility index (Phi) is 4.84. The molecular weight excluding hydrogens is 334 g/mol. The summed E-state index contributed by atoms with van der Waals surface area (Å²) >= 11 is 0. The first-order chi connectivity index (χ1) is 12.5. The number of hydrogen-bond acceptors (Lipinski definition) is 5. The molecule has 0 fully saturated rings. The van der Waals surface area contributed by atoms with Crippen molar-refractivity contribution in [3.05, 3.63) is 65.3 Å². The summed E-state index contributed by atoms with van der Waals surface area (Å²) in [6.07, 6.45) is 1.48. The van der Waals surface area contributed by atoms with E-state index in [2.05, 4.69) is 0 Å². The molecule has 6 heteroatoms. The summed E-state index contributed by atoms with van der Waals surface area (Å²) in [7, 11) is 1.55. The van der Waals surface area contributed by atoms with Crippen molar-refractivity contribution in [2.45, 2.75) is 26.4 Å². The van der Waals surface area contributed by atoms with E-state index in [4.69, 9.17) is 9.15 Å². The maximum atomic E-state index is 12.7. The molecule has 0 saturated heterocycles. The minimum atomic E-state index is -0.766. The van der Waals surface area contributed by atoms with Gasteiger partial charge < -0.3 is 19.2 Å². The van der Waals surface area contributed by atoms with Crippen LogP contribution in [0.4, 0.5) is 0 Å². The van der Waals surface area contributed by atoms with Crippen LogP contribution in [0, 0.1) is 5.92 Å². The van der Waals surface area contributed by atoms with Crippen molar-refractivity contribution in [1.29, 1.82) is 0 Å². The first kappa shape index (κ1) is 17.8. The number of Topliss-reactive ketones (excluding diaryl/α,β-unsaturated/α-hetero) is 1. The van der Waals surface area contributed by atoms with E-state index in [1.807, 2.05) is 18.2 Å². The second-order valence-electron chi connectivity index (χ2n) is 6.44. The SMILES string of the molecule is COc1ccccc1CN1C(=O)C(O)=C(C(=O)C(C)C)C1c1ccco1. The molecule has 0 radical (unpaired) electrons. The van der Waals surface area contributed by atoms with Crippen molar-refractivity contribution in [2.75, 3.05) is 7.11 Å². The van der Waals surface area contributed by atoms with E-state index in [9.17, 15) is 14.7 Å². The molecule has 26 heavy (non-hydrogen) atoms. The first-order valence-corrected chi connectivity index (χ1v) is 8.39. The molecule has 1 aromatic carbocycles. The summed E-state index contributed by atoms with van der Waals surface area (Å²) in [5.41, 5.74) is 0.848. The molecule has 6 nitrogen and oxygen atoms in total. The van der Waals surface area contributed by atoms with Crippen LogP contribution < -0.4 is 4.74 Å². The van der Waals surface area contributed by atoms with Crippen LogP contribution >= 0.6 is 0 Å². The fraction of sp³-hybridized carbons (Fsp3) is 0.300. The Hall–Kier alpha value is -3.02. The van der Waals surface area contributed by atoms with Crippen molar-refractivity contribution in [1.82, 2.24) is 4.90 Å². The summed E-state index contributed by atoms with van der Waals surface area (Å²) in [6, 6.07) is 9.93. The lowest BCUT2D eigenvalue weighted by Gasteiger charge is -2.26. The smallest absolute Gasteiger partial charge is 0.290 e. The third kappa shape index (κ3) is 2.98. The van der Waals surface area contributed by atoms with E-state index in [1.54, 1.807) is 39.2 Å². The Morgan fingerprint density at radius 3 is 2.62 bits per heavy atom. The fourth-order valence-corrected chi connectivity index (χ4v) is 3.14. The van der Waals surface area contributed by atoms with Crippen LogP contribution in [0.2, 0.25) is 0 Å². The van der Waals surface area contributed by atoms with Crippen LogP contribution in [0.3, 0.4) is 0 Å². The third-order valence-electron chi connectivity index (χ3n) is 4.44. The summed E-state index contributed by atoms with van der Waals surface area (Å²) in [4.78, 5) is 26.8. The quantitative estimate of drug-likeness (QED) is 0.859. The summed E-state index contributed by atoms with van der Waals surface area (Å²) in [6.45, 7) is 3.64. The van der Waals surface area contributed by atoms with Gasteiger partial charge in [-0.15, -0.1) is 0 Å². The lowest BCUT2D eigenvalue weighted by atomic mass is 9.94. The van der Waals surface area contributed by atoms with Crippen LogP contribution in [-0.2, 0) is 16.1 Å². The van der Waals surface area contributed by atoms with Crippen LogP contribution in [0.15, 0.2) is 58.4 Å². The van der Waals surface area contributed by atoms with E-state index in [-0.39, 0.29) is 23.8 Å². The summed E-state index contributed by atoms with van der Waals surface area (Å²) in [5, 5.41) is 10.4. The number of ketones is 1. The molecule has 1 aliphatic rings. The third-order valence-corrected chi connectivity index (χ3v) is 4.44. The molecule has 0 saturated carbocycles. The number of aliphatic hydroxyl groups excluding tert-OH is 1. The minimum Gasteiger partial charge on any atom is -0.503 e. The highest BCUT2D eigenvalue weighted by Crippen LogP contribution is 2.40. The number of ether oxygens (including phenoxy) is 1. The number of aliphatic hydroxyl groups is 1. The molecule has 1 atom stereocenters. The number of nitrogens with zero attached hydrogens (tertiary/aromatic N) is 1. The Balaban J connectivity index is 2.05. The van der Waals surface area contributed by atoms with E-state index < -0.39 is 17.7 Å². The Morgan fingerprint density at radius 1 is 1.27 bits per heavy atom. The number of hydrogen-bond donors (Lipinski definition) is 1. The van der Waals surface area contributed by atoms with Gasteiger partial charge in [0.1, 0.15) is 17.6 Å². The topological polar surface area (TPSA) is 80.0 Å². The van der Waals surface area contributed by atoms with Crippen molar-refractivity contribution in [3.63, 3.8) is 0 Å². The fourth-order valence-electron chi connectivity index (χ4n) is 3.14. The van der Waals surface area contributed by atoms with E-state index in [0.29, 0.717) is 11.5 Å². The van der Waals surface area contributed by atoms with Gasteiger partial charge in [0.2, 0.25) is 0 Å². The Morgan fingerprint density at radius 2 is 2.00 bits per heavy atom. The molecule has 1 unspecified atom stereocenters.